The van der Waals surface area contributed by atoms with E-state index < -0.39 is 6.10 Å². The Labute approximate surface area is 106 Å². The normalized spacial score (nSPS) is 24.1. The standard InChI is InChI=1S/C13H14ClNO2/c14-10-7-9(8-15)5-6-12(10)17-13-4-2-1-3-11(13)16/h5-7,11,13,16H,1-4H2. The number of nitrogens with zero attached hydrogens (tertiary/aromatic N) is 1. The molecule has 4 heteroatoms. The first-order valence-corrected chi connectivity index (χ1v) is 6.13. The summed E-state index contributed by atoms with van der Waals surface area (Å²) in [6.07, 6.45) is 3.12. The Bertz CT molecular complexity index is 442. The Morgan fingerprint density at radius 2 is 2.12 bits per heavy atom. The molecule has 90 valence electrons. The van der Waals surface area contributed by atoms with Gasteiger partial charge in [0, 0.05) is 0 Å². The van der Waals surface area contributed by atoms with Gasteiger partial charge in [0.2, 0.25) is 0 Å². The summed E-state index contributed by atoms with van der Waals surface area (Å²) >= 11 is 6.02. The number of rotatable bonds is 2. The monoisotopic (exact) mass is 251 g/mol. The molecule has 0 heterocycles. The van der Waals surface area contributed by atoms with Crippen molar-refractivity contribution in [3.8, 4) is 11.8 Å². The van der Waals surface area contributed by atoms with Gasteiger partial charge in [0.1, 0.15) is 11.9 Å². The smallest absolute Gasteiger partial charge is 0.138 e. The average Bonchev–Trinajstić information content (AvgIpc) is 2.34. The van der Waals surface area contributed by atoms with Crippen LogP contribution in [0.3, 0.4) is 0 Å². The van der Waals surface area contributed by atoms with Gasteiger partial charge in [0.15, 0.2) is 0 Å². The maximum Gasteiger partial charge on any atom is 0.138 e. The van der Waals surface area contributed by atoms with Gasteiger partial charge in [-0.25, -0.2) is 0 Å². The summed E-state index contributed by atoms with van der Waals surface area (Å²) < 4.78 is 5.71. The minimum Gasteiger partial charge on any atom is -0.486 e. The van der Waals surface area contributed by atoms with Gasteiger partial charge in [-0.15, -0.1) is 0 Å². The van der Waals surface area contributed by atoms with Gasteiger partial charge in [-0.3, -0.25) is 0 Å². The molecule has 0 spiro atoms. The summed E-state index contributed by atoms with van der Waals surface area (Å²) in [5, 5.41) is 18.9. The number of aliphatic hydroxyl groups is 1. The van der Waals surface area contributed by atoms with E-state index in [1.165, 1.54) is 0 Å². The van der Waals surface area contributed by atoms with Crippen molar-refractivity contribution in [2.75, 3.05) is 0 Å². The lowest BCUT2D eigenvalue weighted by Gasteiger charge is -2.28. The maximum atomic E-state index is 9.80. The van der Waals surface area contributed by atoms with E-state index >= 15 is 0 Å². The van der Waals surface area contributed by atoms with Crippen LogP contribution in [0.5, 0.6) is 5.75 Å². The quantitative estimate of drug-likeness (QED) is 0.879. The Balaban J connectivity index is 2.10. The van der Waals surface area contributed by atoms with Gasteiger partial charge in [-0.2, -0.15) is 5.26 Å². The maximum absolute atomic E-state index is 9.80. The van der Waals surface area contributed by atoms with Crippen molar-refractivity contribution < 1.29 is 9.84 Å². The molecule has 1 aromatic rings. The highest BCUT2D eigenvalue weighted by Gasteiger charge is 2.25. The van der Waals surface area contributed by atoms with E-state index in [9.17, 15) is 5.11 Å². The third-order valence-corrected chi connectivity index (χ3v) is 3.30. The van der Waals surface area contributed by atoms with Gasteiger partial charge in [0.05, 0.1) is 22.8 Å². The highest BCUT2D eigenvalue weighted by atomic mass is 35.5. The number of hydrogen-bond donors (Lipinski definition) is 1. The zero-order chi connectivity index (χ0) is 12.3. The third kappa shape index (κ3) is 2.91. The lowest BCUT2D eigenvalue weighted by Crippen LogP contribution is -2.34. The molecule has 1 fully saturated rings. The first-order chi connectivity index (χ1) is 8.20. The summed E-state index contributed by atoms with van der Waals surface area (Å²) in [4.78, 5) is 0. The number of ether oxygens (including phenoxy) is 1. The molecule has 2 atom stereocenters. The van der Waals surface area contributed by atoms with E-state index in [0.29, 0.717) is 16.3 Å². The third-order valence-electron chi connectivity index (χ3n) is 3.01. The molecular weight excluding hydrogens is 238 g/mol. The van der Waals surface area contributed by atoms with Crippen molar-refractivity contribution in [3.63, 3.8) is 0 Å². The fourth-order valence-corrected chi connectivity index (χ4v) is 2.27. The van der Waals surface area contributed by atoms with Crippen LogP contribution in [0.15, 0.2) is 18.2 Å². The molecule has 0 aromatic heterocycles. The summed E-state index contributed by atoms with van der Waals surface area (Å²) in [6, 6.07) is 6.94. The van der Waals surface area contributed by atoms with Crippen molar-refractivity contribution >= 4 is 11.6 Å². The largest absolute Gasteiger partial charge is 0.486 e. The molecule has 17 heavy (non-hydrogen) atoms. The molecule has 0 amide bonds. The average molecular weight is 252 g/mol. The highest BCUT2D eigenvalue weighted by Crippen LogP contribution is 2.29. The predicted molar refractivity (Wildman–Crippen MR) is 65.1 cm³/mol. The number of hydrogen-bond acceptors (Lipinski definition) is 3. The van der Waals surface area contributed by atoms with E-state index in [-0.39, 0.29) is 6.10 Å². The van der Waals surface area contributed by atoms with E-state index in [4.69, 9.17) is 21.6 Å². The van der Waals surface area contributed by atoms with E-state index in [1.54, 1.807) is 18.2 Å². The molecule has 1 aromatic carbocycles. The first-order valence-electron chi connectivity index (χ1n) is 5.75. The van der Waals surface area contributed by atoms with Crippen LogP contribution in [0, 0.1) is 11.3 Å². The molecule has 2 rings (SSSR count). The molecule has 1 aliphatic rings. The van der Waals surface area contributed by atoms with Crippen LogP contribution < -0.4 is 4.74 Å². The van der Waals surface area contributed by atoms with Crippen molar-refractivity contribution in [2.24, 2.45) is 0 Å². The van der Waals surface area contributed by atoms with Crippen LogP contribution in [-0.2, 0) is 0 Å². The SMILES string of the molecule is N#Cc1ccc(OC2CCCCC2O)c(Cl)c1. The fraction of sp³-hybridized carbons (Fsp3) is 0.462. The zero-order valence-corrected chi connectivity index (χ0v) is 10.2. The summed E-state index contributed by atoms with van der Waals surface area (Å²) in [5.74, 6) is 0.539. The predicted octanol–water partition coefficient (Wildman–Crippen LogP) is 2.89. The Hall–Kier alpha value is -1.24. The molecule has 0 saturated heterocycles. The molecule has 0 bridgehead atoms. The van der Waals surface area contributed by atoms with Crippen LogP contribution in [0.1, 0.15) is 31.2 Å². The first kappa shape index (κ1) is 12.2. The summed E-state index contributed by atoms with van der Waals surface area (Å²) in [5.41, 5.74) is 0.506. The van der Waals surface area contributed by atoms with Crippen LogP contribution in [-0.4, -0.2) is 17.3 Å². The van der Waals surface area contributed by atoms with Gasteiger partial charge >= 0.3 is 0 Å². The molecule has 1 saturated carbocycles. The molecule has 0 aliphatic heterocycles. The number of benzene rings is 1. The Kier molecular flexibility index (Phi) is 3.88. The summed E-state index contributed by atoms with van der Waals surface area (Å²) in [7, 11) is 0. The van der Waals surface area contributed by atoms with Gasteiger partial charge in [-0.05, 0) is 37.5 Å². The van der Waals surface area contributed by atoms with Crippen molar-refractivity contribution in [1.82, 2.24) is 0 Å². The number of halogens is 1. The highest BCUT2D eigenvalue weighted by molar-refractivity contribution is 6.32. The Morgan fingerprint density at radius 3 is 2.76 bits per heavy atom. The molecule has 2 unspecified atom stereocenters. The molecule has 1 aliphatic carbocycles. The van der Waals surface area contributed by atoms with Crippen LogP contribution in [0.4, 0.5) is 0 Å². The fourth-order valence-electron chi connectivity index (χ4n) is 2.04. The van der Waals surface area contributed by atoms with Gasteiger partial charge in [0.25, 0.3) is 0 Å². The van der Waals surface area contributed by atoms with Gasteiger partial charge in [-0.1, -0.05) is 18.0 Å². The lowest BCUT2D eigenvalue weighted by atomic mass is 9.95. The van der Waals surface area contributed by atoms with Crippen molar-refractivity contribution in [2.45, 2.75) is 37.9 Å². The molecule has 3 nitrogen and oxygen atoms in total. The molecular formula is C13H14ClNO2. The minimum absolute atomic E-state index is 0.186. The van der Waals surface area contributed by atoms with Crippen LogP contribution in [0.25, 0.3) is 0 Å². The lowest BCUT2D eigenvalue weighted by molar-refractivity contribution is 0.00693. The number of aliphatic hydroxyl groups excluding tert-OH is 1. The van der Waals surface area contributed by atoms with Crippen LogP contribution in [0.2, 0.25) is 5.02 Å². The Morgan fingerprint density at radius 1 is 1.35 bits per heavy atom. The second-order valence-electron chi connectivity index (χ2n) is 4.27. The zero-order valence-electron chi connectivity index (χ0n) is 9.40. The van der Waals surface area contributed by atoms with Gasteiger partial charge < -0.3 is 9.84 Å². The van der Waals surface area contributed by atoms with E-state index in [1.807, 2.05) is 6.07 Å². The van der Waals surface area contributed by atoms with Crippen molar-refractivity contribution in [1.29, 1.82) is 5.26 Å². The summed E-state index contributed by atoms with van der Waals surface area (Å²) in [6.45, 7) is 0. The van der Waals surface area contributed by atoms with Crippen molar-refractivity contribution in [3.05, 3.63) is 28.8 Å². The number of nitriles is 1. The van der Waals surface area contributed by atoms with Crippen LogP contribution >= 0.6 is 11.6 Å². The second-order valence-corrected chi connectivity index (χ2v) is 4.67. The topological polar surface area (TPSA) is 53.2 Å². The molecule has 1 N–H and O–H groups in total. The van der Waals surface area contributed by atoms with E-state index in [2.05, 4.69) is 0 Å². The second kappa shape index (κ2) is 5.39. The van der Waals surface area contributed by atoms with E-state index in [0.717, 1.165) is 25.7 Å². The minimum atomic E-state index is -0.421. The molecule has 0 radical (unpaired) electrons.